The molecule has 0 saturated carbocycles. The molecule has 10 nitrogen and oxygen atoms in total. The summed E-state index contributed by atoms with van der Waals surface area (Å²) in [7, 11) is -2.64. The normalized spacial score (nSPS) is 20.1. The number of nitrogens with two attached hydrogens (primary N) is 1. The minimum absolute atomic E-state index is 0.0490. The Morgan fingerprint density at radius 1 is 1.10 bits per heavy atom. The summed E-state index contributed by atoms with van der Waals surface area (Å²) >= 11 is 6.34. The van der Waals surface area contributed by atoms with Crippen molar-refractivity contribution in [2.75, 3.05) is 39.9 Å². The van der Waals surface area contributed by atoms with Gasteiger partial charge in [-0.2, -0.15) is 0 Å². The van der Waals surface area contributed by atoms with Crippen LogP contribution in [-0.4, -0.2) is 81.1 Å². The number of ether oxygens (including phenoxy) is 2. The molecule has 1 unspecified atom stereocenters. The minimum Gasteiger partial charge on any atom is -0.496 e. The molecule has 4 rings (SSSR count). The predicted molar refractivity (Wildman–Crippen MR) is 155 cm³/mol. The van der Waals surface area contributed by atoms with Gasteiger partial charge in [0, 0.05) is 43.0 Å². The monoisotopic (exact) mass is 607 g/mol. The van der Waals surface area contributed by atoms with Crippen LogP contribution in [0.25, 0.3) is 0 Å². The third-order valence-corrected chi connectivity index (χ3v) is 9.48. The first kappa shape index (κ1) is 31.1. The van der Waals surface area contributed by atoms with Crippen molar-refractivity contribution in [3.05, 3.63) is 52.0 Å². The number of carbonyl (C=O) groups excluding carboxylic acids is 2. The highest BCUT2D eigenvalue weighted by molar-refractivity contribution is 7.89. The van der Waals surface area contributed by atoms with Gasteiger partial charge in [-0.1, -0.05) is 11.6 Å². The first-order valence-corrected chi connectivity index (χ1v) is 15.6. The minimum atomic E-state index is -4.04. The average molecular weight is 608 g/mol. The second kappa shape index (κ2) is 12.6. The molecule has 0 bridgehead atoms. The van der Waals surface area contributed by atoms with Crippen LogP contribution in [0.1, 0.15) is 53.6 Å². The summed E-state index contributed by atoms with van der Waals surface area (Å²) in [5, 5.41) is 15.9. The molecule has 224 valence electrons. The Balaban J connectivity index is 1.62. The fraction of sp³-hybridized carbons (Fsp3) is 0.517. The second-order valence-corrected chi connectivity index (χ2v) is 13.1. The van der Waals surface area contributed by atoms with Crippen molar-refractivity contribution in [3.8, 4) is 11.5 Å². The van der Waals surface area contributed by atoms with Crippen molar-refractivity contribution in [2.45, 2.75) is 57.0 Å². The highest BCUT2D eigenvalue weighted by Crippen LogP contribution is 2.38. The molecule has 0 aliphatic carbocycles. The molecule has 41 heavy (non-hydrogen) atoms. The zero-order valence-corrected chi connectivity index (χ0v) is 25.3. The summed E-state index contributed by atoms with van der Waals surface area (Å²) < 4.78 is 35.6. The van der Waals surface area contributed by atoms with E-state index in [-0.39, 0.29) is 41.7 Å². The summed E-state index contributed by atoms with van der Waals surface area (Å²) in [4.78, 5) is 30.5. The topological polar surface area (TPSA) is 139 Å². The number of aryl methyl sites for hydroxylation is 2. The predicted octanol–water partition coefficient (Wildman–Crippen LogP) is 3.29. The third-order valence-electron chi connectivity index (χ3n) is 7.98. The number of hydrogen-bond donors (Lipinski definition) is 2. The molecule has 2 heterocycles. The molecule has 12 heteroatoms. The molecule has 2 aliphatic rings. The molecule has 2 saturated heterocycles. The van der Waals surface area contributed by atoms with E-state index in [9.17, 15) is 23.1 Å². The molecule has 2 aliphatic heterocycles. The lowest BCUT2D eigenvalue weighted by molar-refractivity contribution is -0.137. The number of primary sulfonamides is 1. The number of methoxy groups -OCH3 is 1. The summed E-state index contributed by atoms with van der Waals surface area (Å²) in [5.74, 6) is 0.392. The van der Waals surface area contributed by atoms with Crippen molar-refractivity contribution < 1.29 is 32.6 Å². The number of hydrogen-bond acceptors (Lipinski definition) is 7. The van der Waals surface area contributed by atoms with Crippen molar-refractivity contribution in [1.82, 2.24) is 9.80 Å². The van der Waals surface area contributed by atoms with E-state index < -0.39 is 27.4 Å². The molecule has 0 spiro atoms. The van der Waals surface area contributed by atoms with Crippen LogP contribution >= 0.6 is 11.6 Å². The maximum absolute atomic E-state index is 13.8. The van der Waals surface area contributed by atoms with Crippen molar-refractivity contribution >= 4 is 33.4 Å². The Hall–Kier alpha value is -2.86. The van der Waals surface area contributed by atoms with Crippen molar-refractivity contribution in [3.63, 3.8) is 0 Å². The van der Waals surface area contributed by atoms with Gasteiger partial charge in [-0.05, 0) is 81.0 Å². The number of halogens is 1. The van der Waals surface area contributed by atoms with Crippen LogP contribution in [0, 0.1) is 19.3 Å². The number of sulfonamides is 1. The first-order valence-electron chi connectivity index (χ1n) is 13.7. The van der Waals surface area contributed by atoms with Gasteiger partial charge in [0.05, 0.1) is 30.3 Å². The van der Waals surface area contributed by atoms with E-state index in [1.165, 1.54) is 25.3 Å². The Labute approximate surface area is 246 Å². The number of carbonyl (C=O) groups is 2. The Morgan fingerprint density at radius 2 is 1.76 bits per heavy atom. The van der Waals surface area contributed by atoms with E-state index in [4.69, 9.17) is 26.2 Å². The van der Waals surface area contributed by atoms with Crippen LogP contribution in [-0.2, 0) is 14.8 Å². The standard InChI is InChI=1S/C29H38ClN3O7S/c1-19-13-22(14-20(2)27(19)30)40-18-29(16-26(35)32-11-7-21(34)8-12-32)9-4-10-33(17-29)28(36)24-15-23(41(31,37)38)5-6-25(24)39-3/h5-6,13-15,21,34H,4,7-12,16-18H2,1-3H3,(H2,31,37,38). The first-order chi connectivity index (χ1) is 19.3. The van der Waals surface area contributed by atoms with E-state index in [1.54, 1.807) is 9.80 Å². The number of rotatable bonds is 8. The average Bonchev–Trinajstić information content (AvgIpc) is 2.94. The second-order valence-electron chi connectivity index (χ2n) is 11.2. The fourth-order valence-electron chi connectivity index (χ4n) is 5.67. The van der Waals surface area contributed by atoms with Gasteiger partial charge < -0.3 is 24.4 Å². The summed E-state index contributed by atoms with van der Waals surface area (Å²) in [5.41, 5.74) is 1.13. The van der Waals surface area contributed by atoms with Crippen LogP contribution in [0.5, 0.6) is 11.5 Å². The number of nitrogens with zero attached hydrogens (tertiary/aromatic N) is 2. The summed E-state index contributed by atoms with van der Waals surface area (Å²) in [6, 6.07) is 7.64. The number of benzene rings is 2. The number of amides is 2. The summed E-state index contributed by atoms with van der Waals surface area (Å²) in [6.07, 6.45) is 2.09. The van der Waals surface area contributed by atoms with Gasteiger partial charge in [-0.15, -0.1) is 0 Å². The molecule has 2 aromatic rings. The zero-order valence-electron chi connectivity index (χ0n) is 23.7. The maximum atomic E-state index is 13.8. The molecule has 0 radical (unpaired) electrons. The molecule has 3 N–H and O–H groups in total. The zero-order chi connectivity index (χ0) is 29.9. The van der Waals surface area contributed by atoms with Gasteiger partial charge >= 0.3 is 0 Å². The Kier molecular flexibility index (Phi) is 9.52. The maximum Gasteiger partial charge on any atom is 0.257 e. The molecule has 2 aromatic carbocycles. The molecule has 0 aromatic heterocycles. The van der Waals surface area contributed by atoms with Crippen molar-refractivity contribution in [1.29, 1.82) is 0 Å². The van der Waals surface area contributed by atoms with E-state index in [1.807, 2.05) is 26.0 Å². The van der Waals surface area contributed by atoms with E-state index in [0.29, 0.717) is 56.1 Å². The molecular weight excluding hydrogens is 570 g/mol. The number of aliphatic hydroxyl groups is 1. The lowest BCUT2D eigenvalue weighted by Crippen LogP contribution is -2.51. The molecule has 2 amide bonds. The summed E-state index contributed by atoms with van der Waals surface area (Å²) in [6.45, 7) is 5.59. The quantitative estimate of drug-likeness (QED) is 0.469. The van der Waals surface area contributed by atoms with Crippen LogP contribution in [0.15, 0.2) is 35.2 Å². The SMILES string of the molecule is COc1ccc(S(N)(=O)=O)cc1C(=O)N1CCCC(COc2cc(C)c(Cl)c(C)c2)(CC(=O)N2CCC(O)CC2)C1. The van der Waals surface area contributed by atoms with Gasteiger partial charge in [-0.3, -0.25) is 9.59 Å². The van der Waals surface area contributed by atoms with E-state index in [2.05, 4.69) is 0 Å². The van der Waals surface area contributed by atoms with Crippen LogP contribution in [0.4, 0.5) is 0 Å². The van der Waals surface area contributed by atoms with Gasteiger partial charge in [0.25, 0.3) is 5.91 Å². The molecule has 2 fully saturated rings. The Morgan fingerprint density at radius 3 is 2.37 bits per heavy atom. The lowest BCUT2D eigenvalue weighted by Gasteiger charge is -2.43. The fourth-order valence-corrected chi connectivity index (χ4v) is 6.32. The Bertz CT molecular complexity index is 1390. The largest absolute Gasteiger partial charge is 0.496 e. The number of likely N-dealkylation sites (tertiary alicyclic amines) is 2. The highest BCUT2D eigenvalue weighted by atomic mass is 35.5. The van der Waals surface area contributed by atoms with E-state index in [0.717, 1.165) is 11.1 Å². The van der Waals surface area contributed by atoms with Crippen LogP contribution in [0.3, 0.4) is 0 Å². The van der Waals surface area contributed by atoms with Crippen molar-refractivity contribution in [2.24, 2.45) is 10.6 Å². The lowest BCUT2D eigenvalue weighted by atomic mass is 9.77. The van der Waals surface area contributed by atoms with Crippen LogP contribution in [0.2, 0.25) is 5.02 Å². The highest BCUT2D eigenvalue weighted by Gasteiger charge is 2.42. The third kappa shape index (κ3) is 7.32. The number of piperidine rings is 2. The van der Waals surface area contributed by atoms with Gasteiger partial charge in [0.1, 0.15) is 11.5 Å². The molecular formula is C29H38ClN3O7S. The van der Waals surface area contributed by atoms with Gasteiger partial charge in [0.15, 0.2) is 0 Å². The smallest absolute Gasteiger partial charge is 0.257 e. The molecule has 1 atom stereocenters. The number of aliphatic hydroxyl groups excluding tert-OH is 1. The van der Waals surface area contributed by atoms with Crippen LogP contribution < -0.4 is 14.6 Å². The van der Waals surface area contributed by atoms with Gasteiger partial charge in [0.2, 0.25) is 15.9 Å². The van der Waals surface area contributed by atoms with Gasteiger partial charge in [-0.25, -0.2) is 13.6 Å². The van der Waals surface area contributed by atoms with E-state index >= 15 is 0 Å².